The van der Waals surface area contributed by atoms with Crippen LogP contribution in [0.15, 0.2) is 41.3 Å². The van der Waals surface area contributed by atoms with Crippen molar-refractivity contribution in [2.75, 3.05) is 5.32 Å². The van der Waals surface area contributed by atoms with Crippen molar-refractivity contribution >= 4 is 35.0 Å². The number of thioether (sulfide) groups is 1. The van der Waals surface area contributed by atoms with E-state index in [1.807, 2.05) is 25.1 Å². The summed E-state index contributed by atoms with van der Waals surface area (Å²) < 4.78 is 0. The summed E-state index contributed by atoms with van der Waals surface area (Å²) in [6, 6.07) is 11.9. The number of aryl methyl sites for hydroxylation is 1. The lowest BCUT2D eigenvalue weighted by atomic mass is 10.1. The second-order valence-electron chi connectivity index (χ2n) is 5.32. The number of fused-ring (bicyclic) bond motifs is 1. The first kappa shape index (κ1) is 14.5. The van der Waals surface area contributed by atoms with Crippen molar-refractivity contribution in [1.29, 1.82) is 0 Å². The van der Waals surface area contributed by atoms with Crippen molar-refractivity contribution in [2.45, 2.75) is 30.4 Å². The lowest BCUT2D eigenvalue weighted by Crippen LogP contribution is -2.25. The summed E-state index contributed by atoms with van der Waals surface area (Å²) in [5.74, 6) is 0.0409. The van der Waals surface area contributed by atoms with Gasteiger partial charge in [0, 0.05) is 15.6 Å². The van der Waals surface area contributed by atoms with E-state index in [4.69, 9.17) is 11.6 Å². The summed E-state index contributed by atoms with van der Waals surface area (Å²) in [4.78, 5) is 13.7. The highest BCUT2D eigenvalue weighted by Gasteiger charge is 2.28. The van der Waals surface area contributed by atoms with Crippen molar-refractivity contribution in [3.8, 4) is 0 Å². The Morgan fingerprint density at radius 1 is 1.29 bits per heavy atom. The van der Waals surface area contributed by atoms with Crippen LogP contribution in [0.5, 0.6) is 0 Å². The van der Waals surface area contributed by atoms with Crippen LogP contribution in [0, 0.1) is 13.8 Å². The van der Waals surface area contributed by atoms with Gasteiger partial charge in [0.25, 0.3) is 0 Å². The molecule has 0 bridgehead atoms. The van der Waals surface area contributed by atoms with E-state index in [1.54, 1.807) is 11.8 Å². The first-order valence-corrected chi connectivity index (χ1v) is 8.12. The van der Waals surface area contributed by atoms with Crippen LogP contribution < -0.4 is 5.32 Å². The van der Waals surface area contributed by atoms with E-state index >= 15 is 0 Å². The van der Waals surface area contributed by atoms with E-state index in [0.29, 0.717) is 5.02 Å². The van der Waals surface area contributed by atoms with E-state index in [0.717, 1.165) is 17.7 Å². The standard InChI is InChI=1S/C17H16ClNOS/c1-10-6-7-12-9-16(21-15(12)8-10)17(20)19-14-5-3-4-13(18)11(14)2/h3-8,16H,9H2,1-2H3,(H,19,20)/t16-/m0/s1. The molecule has 2 aromatic carbocycles. The first-order valence-electron chi connectivity index (χ1n) is 6.87. The molecular weight excluding hydrogens is 302 g/mol. The van der Waals surface area contributed by atoms with E-state index < -0.39 is 0 Å². The van der Waals surface area contributed by atoms with E-state index in [2.05, 4.69) is 30.4 Å². The largest absolute Gasteiger partial charge is 0.325 e. The van der Waals surface area contributed by atoms with Gasteiger partial charge in [-0.2, -0.15) is 0 Å². The molecule has 3 rings (SSSR count). The van der Waals surface area contributed by atoms with E-state index in [9.17, 15) is 4.79 Å². The van der Waals surface area contributed by atoms with Gasteiger partial charge in [0.15, 0.2) is 0 Å². The van der Waals surface area contributed by atoms with Gasteiger partial charge in [-0.15, -0.1) is 11.8 Å². The summed E-state index contributed by atoms with van der Waals surface area (Å²) >= 11 is 7.73. The van der Waals surface area contributed by atoms with Crippen LogP contribution in [0.1, 0.15) is 16.7 Å². The van der Waals surface area contributed by atoms with Gasteiger partial charge in [-0.25, -0.2) is 0 Å². The Hall–Kier alpha value is -1.45. The molecule has 0 unspecified atom stereocenters. The molecule has 108 valence electrons. The van der Waals surface area contributed by atoms with Gasteiger partial charge in [-0.1, -0.05) is 35.4 Å². The van der Waals surface area contributed by atoms with Crippen molar-refractivity contribution in [1.82, 2.24) is 0 Å². The lowest BCUT2D eigenvalue weighted by Gasteiger charge is -2.12. The fourth-order valence-corrected chi connectivity index (χ4v) is 3.90. The average molecular weight is 318 g/mol. The van der Waals surface area contributed by atoms with Gasteiger partial charge in [0.2, 0.25) is 5.91 Å². The van der Waals surface area contributed by atoms with Gasteiger partial charge in [-0.3, -0.25) is 4.79 Å². The molecule has 1 atom stereocenters. The lowest BCUT2D eigenvalue weighted by molar-refractivity contribution is -0.115. The monoisotopic (exact) mass is 317 g/mol. The number of amides is 1. The molecule has 0 saturated heterocycles. The fourth-order valence-electron chi connectivity index (χ4n) is 2.44. The number of hydrogen-bond donors (Lipinski definition) is 1. The molecular formula is C17H16ClNOS. The predicted octanol–water partition coefficient (Wildman–Crippen LogP) is 4.61. The van der Waals surface area contributed by atoms with Crippen LogP contribution in [0.4, 0.5) is 5.69 Å². The molecule has 0 aliphatic carbocycles. The Morgan fingerprint density at radius 3 is 2.90 bits per heavy atom. The zero-order valence-corrected chi connectivity index (χ0v) is 13.5. The second-order valence-corrected chi connectivity index (χ2v) is 6.98. The Bertz CT molecular complexity index is 714. The topological polar surface area (TPSA) is 29.1 Å². The van der Waals surface area contributed by atoms with E-state index in [1.165, 1.54) is 16.0 Å². The Morgan fingerprint density at radius 2 is 2.10 bits per heavy atom. The quantitative estimate of drug-likeness (QED) is 0.876. The predicted molar refractivity (Wildman–Crippen MR) is 89.3 cm³/mol. The minimum absolute atomic E-state index is 0.0409. The highest BCUT2D eigenvalue weighted by atomic mass is 35.5. The smallest absolute Gasteiger partial charge is 0.238 e. The molecule has 21 heavy (non-hydrogen) atoms. The van der Waals surface area contributed by atoms with E-state index in [-0.39, 0.29) is 11.2 Å². The Labute approximate surface area is 133 Å². The number of carbonyl (C=O) groups is 1. The van der Waals surface area contributed by atoms with Crippen LogP contribution in [0.3, 0.4) is 0 Å². The molecule has 1 aliphatic heterocycles. The van der Waals surface area contributed by atoms with Gasteiger partial charge in [0.05, 0.1) is 5.25 Å². The van der Waals surface area contributed by atoms with Gasteiger partial charge >= 0.3 is 0 Å². The third-order valence-corrected chi connectivity index (χ3v) is 5.42. The zero-order valence-electron chi connectivity index (χ0n) is 11.9. The highest BCUT2D eigenvalue weighted by Crippen LogP contribution is 2.38. The third-order valence-electron chi connectivity index (χ3n) is 3.72. The van der Waals surface area contributed by atoms with Crippen molar-refractivity contribution in [3.63, 3.8) is 0 Å². The van der Waals surface area contributed by atoms with Crippen LogP contribution in [0.25, 0.3) is 0 Å². The van der Waals surface area contributed by atoms with Crippen LogP contribution in [0.2, 0.25) is 5.02 Å². The van der Waals surface area contributed by atoms with Crippen LogP contribution in [-0.4, -0.2) is 11.2 Å². The summed E-state index contributed by atoms with van der Waals surface area (Å²) in [7, 11) is 0. The molecule has 0 aromatic heterocycles. The molecule has 0 saturated carbocycles. The molecule has 2 nitrogen and oxygen atoms in total. The van der Waals surface area contributed by atoms with Gasteiger partial charge < -0.3 is 5.32 Å². The minimum atomic E-state index is -0.0693. The summed E-state index contributed by atoms with van der Waals surface area (Å²) in [5, 5.41) is 3.60. The van der Waals surface area contributed by atoms with Crippen molar-refractivity contribution in [2.24, 2.45) is 0 Å². The Balaban J connectivity index is 1.75. The summed E-state index contributed by atoms with van der Waals surface area (Å²) in [6.07, 6.45) is 0.783. The third kappa shape index (κ3) is 2.94. The molecule has 1 N–H and O–H groups in total. The van der Waals surface area contributed by atoms with Gasteiger partial charge in [0.1, 0.15) is 0 Å². The molecule has 0 radical (unpaired) electrons. The maximum Gasteiger partial charge on any atom is 0.238 e. The van der Waals surface area contributed by atoms with Gasteiger partial charge in [-0.05, 0) is 49.6 Å². The fraction of sp³-hybridized carbons (Fsp3) is 0.235. The molecule has 0 spiro atoms. The Kier molecular flexibility index (Phi) is 3.96. The molecule has 4 heteroatoms. The number of rotatable bonds is 2. The molecule has 1 aliphatic rings. The molecule has 1 heterocycles. The SMILES string of the molecule is Cc1ccc2c(c1)S[C@H](C(=O)Nc1cccc(Cl)c1C)C2. The molecule has 2 aromatic rings. The maximum atomic E-state index is 12.5. The summed E-state index contributed by atoms with van der Waals surface area (Å²) in [6.45, 7) is 3.99. The minimum Gasteiger partial charge on any atom is -0.325 e. The highest BCUT2D eigenvalue weighted by molar-refractivity contribution is 8.01. The average Bonchev–Trinajstić information content (AvgIpc) is 2.87. The number of anilines is 1. The second kappa shape index (κ2) is 5.74. The summed E-state index contributed by atoms with van der Waals surface area (Å²) in [5.41, 5.74) is 4.19. The van der Waals surface area contributed by atoms with Crippen molar-refractivity contribution in [3.05, 3.63) is 58.1 Å². The number of carbonyl (C=O) groups excluding carboxylic acids is 1. The van der Waals surface area contributed by atoms with Crippen molar-refractivity contribution < 1.29 is 4.79 Å². The first-order chi connectivity index (χ1) is 10.0. The number of nitrogens with one attached hydrogen (secondary N) is 1. The number of benzene rings is 2. The normalized spacial score (nSPS) is 16.6. The molecule has 0 fully saturated rings. The zero-order chi connectivity index (χ0) is 15.0. The van der Waals surface area contributed by atoms with Crippen LogP contribution in [-0.2, 0) is 11.2 Å². The van der Waals surface area contributed by atoms with Crippen LogP contribution >= 0.6 is 23.4 Å². The maximum absolute atomic E-state index is 12.5. The molecule has 1 amide bonds. The number of halogens is 1. The number of hydrogen-bond acceptors (Lipinski definition) is 2.